The van der Waals surface area contributed by atoms with Crippen LogP contribution < -0.4 is 10.6 Å². The zero-order valence-corrected chi connectivity index (χ0v) is 23.9. The molecule has 0 radical (unpaired) electrons. The number of nitrogens with one attached hydrogen (secondary N) is 2. The van der Waals surface area contributed by atoms with Gasteiger partial charge in [0.2, 0.25) is 5.91 Å². The van der Waals surface area contributed by atoms with Crippen LogP contribution in [0.2, 0.25) is 0 Å². The predicted molar refractivity (Wildman–Crippen MR) is 174 cm³/mol. The summed E-state index contributed by atoms with van der Waals surface area (Å²) in [5.41, 5.74) is 3.64. The Morgan fingerprint density at radius 2 is 1.28 bits per heavy atom. The first-order valence-electron chi connectivity index (χ1n) is 13.8. The van der Waals surface area contributed by atoms with Crippen molar-refractivity contribution in [2.75, 3.05) is 11.1 Å². The van der Waals surface area contributed by atoms with E-state index in [1.165, 1.54) is 11.8 Å². The molecule has 43 heavy (non-hydrogen) atoms. The molecule has 0 spiro atoms. The summed E-state index contributed by atoms with van der Waals surface area (Å²) in [4.78, 5) is 40.6. The second kappa shape index (κ2) is 12.6. The lowest BCUT2D eigenvalue weighted by Crippen LogP contribution is -2.30. The first-order chi connectivity index (χ1) is 21.1. The summed E-state index contributed by atoms with van der Waals surface area (Å²) >= 11 is 1.40. The van der Waals surface area contributed by atoms with Crippen molar-refractivity contribution in [3.05, 3.63) is 150 Å². The Morgan fingerprint density at radius 3 is 1.95 bits per heavy atom. The van der Waals surface area contributed by atoms with E-state index in [1.807, 2.05) is 103 Å². The van der Waals surface area contributed by atoms with Crippen LogP contribution in [0.15, 0.2) is 144 Å². The van der Waals surface area contributed by atoms with Gasteiger partial charge in [-0.25, -0.2) is 0 Å². The molecule has 1 aromatic heterocycles. The van der Waals surface area contributed by atoms with E-state index in [0.717, 1.165) is 32.3 Å². The summed E-state index contributed by atoms with van der Waals surface area (Å²) < 4.78 is 1.78. The molecule has 7 heteroatoms. The largest absolute Gasteiger partial charge is 0.321 e. The van der Waals surface area contributed by atoms with Crippen LogP contribution >= 0.6 is 11.8 Å². The van der Waals surface area contributed by atoms with Gasteiger partial charge in [-0.2, -0.15) is 0 Å². The summed E-state index contributed by atoms with van der Waals surface area (Å²) in [6.07, 6.45) is 1.64. The highest BCUT2D eigenvalue weighted by Crippen LogP contribution is 2.30. The number of benzene rings is 5. The minimum absolute atomic E-state index is 0.0338. The molecule has 0 atom stereocenters. The topological polar surface area (TPSA) is 80.2 Å². The second-order valence-electron chi connectivity index (χ2n) is 9.82. The van der Waals surface area contributed by atoms with E-state index < -0.39 is 5.91 Å². The molecule has 0 unspecified atom stereocenters. The van der Waals surface area contributed by atoms with E-state index in [9.17, 15) is 14.4 Å². The van der Waals surface area contributed by atoms with Crippen LogP contribution in [0, 0.1) is 0 Å². The first-order valence-corrected chi connectivity index (χ1v) is 14.7. The van der Waals surface area contributed by atoms with Gasteiger partial charge in [-0.3, -0.25) is 19.0 Å². The highest BCUT2D eigenvalue weighted by molar-refractivity contribution is 8.00. The minimum atomic E-state index is -0.461. The first kappa shape index (κ1) is 27.8. The molecular weight excluding hydrogens is 554 g/mol. The van der Waals surface area contributed by atoms with Gasteiger partial charge in [0.25, 0.3) is 11.8 Å². The van der Waals surface area contributed by atoms with Crippen LogP contribution in [0.25, 0.3) is 27.9 Å². The number of anilines is 1. The van der Waals surface area contributed by atoms with E-state index in [4.69, 9.17) is 0 Å². The molecule has 6 rings (SSSR count). The number of hydrogen-bond acceptors (Lipinski definition) is 4. The second-order valence-corrected chi connectivity index (χ2v) is 10.9. The van der Waals surface area contributed by atoms with Crippen LogP contribution in [-0.2, 0) is 4.79 Å². The Hall–Kier alpha value is -5.40. The average Bonchev–Trinajstić information content (AvgIpc) is 3.39. The van der Waals surface area contributed by atoms with Crippen LogP contribution in [0.5, 0.6) is 0 Å². The zero-order chi connectivity index (χ0) is 29.6. The monoisotopic (exact) mass is 581 g/mol. The fourth-order valence-electron chi connectivity index (χ4n) is 4.92. The summed E-state index contributed by atoms with van der Waals surface area (Å²) in [6.45, 7) is 0. The van der Waals surface area contributed by atoms with Crippen molar-refractivity contribution in [1.82, 2.24) is 9.88 Å². The molecule has 0 aliphatic carbocycles. The van der Waals surface area contributed by atoms with Gasteiger partial charge in [0, 0.05) is 26.9 Å². The lowest BCUT2D eigenvalue weighted by molar-refractivity contribution is -0.113. The molecule has 5 aromatic carbocycles. The number of carbonyl (C=O) groups excluding carboxylic acids is 3. The Labute approximate surface area is 253 Å². The standard InChI is InChI=1S/C36H27N3O3S/c40-34(39-32-20-9-7-18-29(32)30-19-8-10-21-33(30)39)24-43-28-17-11-16-27(23-28)37-36(42)31(22-25-12-3-1-4-13-25)38-35(41)26-14-5-2-6-15-26/h1-23H,24H2,(H,37,42)(H,38,41)/b31-22+. The maximum absolute atomic E-state index is 13.5. The minimum Gasteiger partial charge on any atom is -0.321 e. The average molecular weight is 582 g/mol. The summed E-state index contributed by atoms with van der Waals surface area (Å²) in [5, 5.41) is 7.74. The van der Waals surface area contributed by atoms with E-state index in [-0.39, 0.29) is 23.3 Å². The smallest absolute Gasteiger partial charge is 0.272 e. The number of nitrogens with zero attached hydrogens (tertiary/aromatic N) is 1. The number of amides is 2. The lowest BCUT2D eigenvalue weighted by Gasteiger charge is -2.12. The van der Waals surface area contributed by atoms with Crippen molar-refractivity contribution < 1.29 is 14.4 Å². The van der Waals surface area contributed by atoms with Gasteiger partial charge in [-0.1, -0.05) is 91.0 Å². The molecule has 0 aliphatic rings. The van der Waals surface area contributed by atoms with Gasteiger partial charge in [-0.15, -0.1) is 11.8 Å². The third kappa shape index (κ3) is 6.27. The van der Waals surface area contributed by atoms with Crippen LogP contribution in [0.4, 0.5) is 5.69 Å². The van der Waals surface area contributed by atoms with Gasteiger partial charge in [0.15, 0.2) is 0 Å². The van der Waals surface area contributed by atoms with Gasteiger partial charge in [0.05, 0.1) is 16.8 Å². The number of para-hydroxylation sites is 2. The molecule has 1 heterocycles. The van der Waals surface area contributed by atoms with Crippen molar-refractivity contribution in [3.63, 3.8) is 0 Å². The van der Waals surface area contributed by atoms with Crippen LogP contribution in [-0.4, -0.2) is 28.0 Å². The number of hydrogen-bond donors (Lipinski definition) is 2. The van der Waals surface area contributed by atoms with E-state index in [2.05, 4.69) is 10.6 Å². The fraction of sp³-hybridized carbons (Fsp3) is 0.0278. The van der Waals surface area contributed by atoms with E-state index >= 15 is 0 Å². The molecule has 0 saturated heterocycles. The van der Waals surface area contributed by atoms with Crippen LogP contribution in [0.3, 0.4) is 0 Å². The maximum atomic E-state index is 13.5. The number of rotatable bonds is 8. The third-order valence-corrected chi connectivity index (χ3v) is 7.90. The molecule has 210 valence electrons. The summed E-state index contributed by atoms with van der Waals surface area (Å²) in [5.74, 6) is -0.664. The molecule has 0 saturated carbocycles. The molecular formula is C36H27N3O3S. The molecule has 0 bridgehead atoms. The Balaban J connectivity index is 1.19. The zero-order valence-electron chi connectivity index (χ0n) is 23.1. The normalized spacial score (nSPS) is 11.4. The Kier molecular flexibility index (Phi) is 8.15. The molecule has 6 nitrogen and oxygen atoms in total. The van der Waals surface area contributed by atoms with Gasteiger partial charge >= 0.3 is 0 Å². The van der Waals surface area contributed by atoms with E-state index in [1.54, 1.807) is 41.0 Å². The van der Waals surface area contributed by atoms with Crippen molar-refractivity contribution in [1.29, 1.82) is 0 Å². The Morgan fingerprint density at radius 1 is 0.674 bits per heavy atom. The number of carbonyl (C=O) groups is 3. The van der Waals surface area contributed by atoms with Gasteiger partial charge in [-0.05, 0) is 54.1 Å². The molecule has 6 aromatic rings. The van der Waals surface area contributed by atoms with Crippen molar-refractivity contribution in [2.24, 2.45) is 0 Å². The fourth-order valence-corrected chi connectivity index (χ4v) is 5.73. The van der Waals surface area contributed by atoms with Gasteiger partial charge in [0.1, 0.15) is 5.70 Å². The number of fused-ring (bicyclic) bond motifs is 3. The summed E-state index contributed by atoms with van der Waals surface area (Å²) in [7, 11) is 0. The molecule has 2 N–H and O–H groups in total. The molecule has 2 amide bonds. The highest BCUT2D eigenvalue weighted by atomic mass is 32.2. The van der Waals surface area contributed by atoms with Crippen LogP contribution in [0.1, 0.15) is 20.7 Å². The van der Waals surface area contributed by atoms with Crippen molar-refractivity contribution >= 4 is 63.1 Å². The lowest BCUT2D eigenvalue weighted by atomic mass is 10.1. The van der Waals surface area contributed by atoms with E-state index in [0.29, 0.717) is 11.3 Å². The quantitative estimate of drug-likeness (QED) is 0.143. The highest BCUT2D eigenvalue weighted by Gasteiger charge is 2.17. The predicted octanol–water partition coefficient (Wildman–Crippen LogP) is 7.64. The maximum Gasteiger partial charge on any atom is 0.272 e. The number of aromatic nitrogens is 1. The molecule has 0 fully saturated rings. The van der Waals surface area contributed by atoms with Gasteiger partial charge < -0.3 is 10.6 Å². The van der Waals surface area contributed by atoms with Crippen molar-refractivity contribution in [3.8, 4) is 0 Å². The SMILES string of the molecule is O=C(Nc1cccc(SCC(=O)n2c3ccccc3c3ccccc32)c1)/C(=C\c1ccccc1)NC(=O)c1ccccc1. The Bertz CT molecular complexity index is 1930. The number of thioether (sulfide) groups is 1. The summed E-state index contributed by atoms with van der Waals surface area (Å²) in [6, 6.07) is 41.2. The van der Waals surface area contributed by atoms with Crippen molar-refractivity contribution in [2.45, 2.75) is 4.90 Å². The molecule has 0 aliphatic heterocycles. The third-order valence-electron chi connectivity index (χ3n) is 6.92.